The zero-order valence-corrected chi connectivity index (χ0v) is 9.17. The first-order valence-corrected chi connectivity index (χ1v) is 5.91. The topological polar surface area (TPSA) is 24.5 Å². The van der Waals surface area contributed by atoms with Gasteiger partial charge in [-0.1, -0.05) is 12.8 Å². The Bertz CT molecular complexity index is 169. The summed E-state index contributed by atoms with van der Waals surface area (Å²) in [6.45, 7) is 4.10. The van der Waals surface area contributed by atoms with E-state index in [2.05, 4.69) is 17.3 Å². The molecule has 2 aliphatic rings. The Morgan fingerprint density at radius 2 is 1.86 bits per heavy atom. The SMILES string of the molecule is CNC1CCCCC1N1CCOCC1. The number of rotatable bonds is 2. The maximum absolute atomic E-state index is 5.40. The zero-order chi connectivity index (χ0) is 9.80. The minimum Gasteiger partial charge on any atom is -0.379 e. The minimum absolute atomic E-state index is 0.710. The highest BCUT2D eigenvalue weighted by molar-refractivity contribution is 4.88. The Labute approximate surface area is 86.8 Å². The van der Waals surface area contributed by atoms with E-state index in [1.165, 1.54) is 25.7 Å². The number of nitrogens with zero attached hydrogens (tertiary/aromatic N) is 1. The zero-order valence-electron chi connectivity index (χ0n) is 9.17. The van der Waals surface area contributed by atoms with Gasteiger partial charge in [0.25, 0.3) is 0 Å². The highest BCUT2D eigenvalue weighted by Crippen LogP contribution is 2.23. The van der Waals surface area contributed by atoms with Gasteiger partial charge in [-0.25, -0.2) is 0 Å². The molecule has 1 saturated heterocycles. The van der Waals surface area contributed by atoms with Crippen LogP contribution in [-0.4, -0.2) is 50.3 Å². The molecule has 82 valence electrons. The molecule has 0 spiro atoms. The van der Waals surface area contributed by atoms with Crippen molar-refractivity contribution >= 4 is 0 Å². The van der Waals surface area contributed by atoms with E-state index in [1.807, 2.05) is 0 Å². The van der Waals surface area contributed by atoms with Gasteiger partial charge in [0.05, 0.1) is 13.2 Å². The Kier molecular flexibility index (Phi) is 3.79. The molecule has 0 aromatic carbocycles. The molecule has 2 fully saturated rings. The fourth-order valence-electron chi connectivity index (χ4n) is 2.79. The highest BCUT2D eigenvalue weighted by atomic mass is 16.5. The number of morpholine rings is 1. The average Bonchev–Trinajstić information content (AvgIpc) is 2.30. The van der Waals surface area contributed by atoms with Gasteiger partial charge in [0.15, 0.2) is 0 Å². The molecule has 0 aromatic heterocycles. The summed E-state index contributed by atoms with van der Waals surface area (Å²) in [4.78, 5) is 2.61. The van der Waals surface area contributed by atoms with Gasteiger partial charge in [-0.05, 0) is 19.9 Å². The van der Waals surface area contributed by atoms with E-state index in [-0.39, 0.29) is 0 Å². The average molecular weight is 198 g/mol. The van der Waals surface area contributed by atoms with Crippen LogP contribution in [0.25, 0.3) is 0 Å². The summed E-state index contributed by atoms with van der Waals surface area (Å²) in [5.41, 5.74) is 0. The minimum atomic E-state index is 0.710. The summed E-state index contributed by atoms with van der Waals surface area (Å²) in [5, 5.41) is 3.47. The predicted octanol–water partition coefficient (Wildman–Crippen LogP) is 0.849. The van der Waals surface area contributed by atoms with E-state index in [1.54, 1.807) is 0 Å². The second-order valence-corrected chi connectivity index (χ2v) is 4.40. The molecule has 14 heavy (non-hydrogen) atoms. The molecule has 1 heterocycles. The van der Waals surface area contributed by atoms with Gasteiger partial charge in [0.1, 0.15) is 0 Å². The lowest BCUT2D eigenvalue weighted by Crippen LogP contribution is -2.54. The van der Waals surface area contributed by atoms with Crippen LogP contribution in [0.1, 0.15) is 25.7 Å². The van der Waals surface area contributed by atoms with Crippen LogP contribution in [-0.2, 0) is 4.74 Å². The van der Waals surface area contributed by atoms with Crippen molar-refractivity contribution in [3.8, 4) is 0 Å². The summed E-state index contributed by atoms with van der Waals surface area (Å²) < 4.78 is 5.40. The van der Waals surface area contributed by atoms with Crippen molar-refractivity contribution in [3.05, 3.63) is 0 Å². The number of likely N-dealkylation sites (N-methyl/N-ethyl adjacent to an activating group) is 1. The van der Waals surface area contributed by atoms with Crippen molar-refractivity contribution < 1.29 is 4.74 Å². The van der Waals surface area contributed by atoms with Gasteiger partial charge in [0, 0.05) is 25.2 Å². The summed E-state index contributed by atoms with van der Waals surface area (Å²) >= 11 is 0. The van der Waals surface area contributed by atoms with Crippen LogP contribution < -0.4 is 5.32 Å². The summed E-state index contributed by atoms with van der Waals surface area (Å²) in [6, 6.07) is 1.47. The van der Waals surface area contributed by atoms with Crippen LogP contribution in [0.5, 0.6) is 0 Å². The summed E-state index contributed by atoms with van der Waals surface area (Å²) in [7, 11) is 2.10. The van der Waals surface area contributed by atoms with E-state index in [9.17, 15) is 0 Å². The third kappa shape index (κ3) is 2.27. The van der Waals surface area contributed by atoms with E-state index in [0.717, 1.165) is 32.3 Å². The molecular weight excluding hydrogens is 176 g/mol. The van der Waals surface area contributed by atoms with Crippen LogP contribution >= 0.6 is 0 Å². The Morgan fingerprint density at radius 1 is 1.14 bits per heavy atom. The largest absolute Gasteiger partial charge is 0.379 e. The number of nitrogens with one attached hydrogen (secondary N) is 1. The van der Waals surface area contributed by atoms with Crippen LogP contribution in [0.3, 0.4) is 0 Å². The van der Waals surface area contributed by atoms with Crippen molar-refractivity contribution in [2.75, 3.05) is 33.4 Å². The molecule has 0 aromatic rings. The Hall–Kier alpha value is -0.120. The van der Waals surface area contributed by atoms with Gasteiger partial charge in [-0.2, -0.15) is 0 Å². The molecule has 0 radical (unpaired) electrons. The first-order valence-electron chi connectivity index (χ1n) is 5.91. The van der Waals surface area contributed by atoms with E-state index >= 15 is 0 Å². The quantitative estimate of drug-likeness (QED) is 0.712. The summed E-state index contributed by atoms with van der Waals surface area (Å²) in [5.74, 6) is 0. The van der Waals surface area contributed by atoms with E-state index in [4.69, 9.17) is 4.74 Å². The van der Waals surface area contributed by atoms with E-state index < -0.39 is 0 Å². The lowest BCUT2D eigenvalue weighted by molar-refractivity contribution is 0.000551. The maximum atomic E-state index is 5.40. The van der Waals surface area contributed by atoms with Crippen molar-refractivity contribution in [1.82, 2.24) is 10.2 Å². The standard InChI is InChI=1S/C11H22N2O/c1-12-10-4-2-3-5-11(10)13-6-8-14-9-7-13/h10-12H,2-9H2,1H3. The number of hydrogen-bond donors (Lipinski definition) is 1. The van der Waals surface area contributed by atoms with Gasteiger partial charge in [-0.3, -0.25) is 4.90 Å². The first-order chi connectivity index (χ1) is 6.92. The van der Waals surface area contributed by atoms with Crippen LogP contribution in [0.2, 0.25) is 0 Å². The lowest BCUT2D eigenvalue weighted by Gasteiger charge is -2.41. The van der Waals surface area contributed by atoms with Crippen molar-refractivity contribution in [2.45, 2.75) is 37.8 Å². The van der Waals surface area contributed by atoms with Crippen LogP contribution in [0.15, 0.2) is 0 Å². The van der Waals surface area contributed by atoms with Gasteiger partial charge in [-0.15, -0.1) is 0 Å². The smallest absolute Gasteiger partial charge is 0.0594 e. The summed E-state index contributed by atoms with van der Waals surface area (Å²) in [6.07, 6.45) is 5.51. The fraction of sp³-hybridized carbons (Fsp3) is 1.00. The molecule has 0 amide bonds. The predicted molar refractivity (Wildman–Crippen MR) is 57.5 cm³/mol. The number of hydrogen-bond acceptors (Lipinski definition) is 3. The molecule has 2 rings (SSSR count). The second kappa shape index (κ2) is 5.10. The van der Waals surface area contributed by atoms with E-state index in [0.29, 0.717) is 6.04 Å². The molecule has 0 bridgehead atoms. The molecular formula is C11H22N2O. The molecule has 2 unspecified atom stereocenters. The molecule has 3 heteroatoms. The molecule has 1 N–H and O–H groups in total. The monoisotopic (exact) mass is 198 g/mol. The Morgan fingerprint density at radius 3 is 2.57 bits per heavy atom. The Balaban J connectivity index is 1.91. The fourth-order valence-corrected chi connectivity index (χ4v) is 2.79. The molecule has 2 atom stereocenters. The lowest BCUT2D eigenvalue weighted by atomic mass is 9.89. The maximum Gasteiger partial charge on any atom is 0.0594 e. The van der Waals surface area contributed by atoms with Gasteiger partial charge >= 0.3 is 0 Å². The third-order valence-corrected chi connectivity index (χ3v) is 3.61. The molecule has 1 aliphatic carbocycles. The normalized spacial score (nSPS) is 35.8. The van der Waals surface area contributed by atoms with Gasteiger partial charge in [0.2, 0.25) is 0 Å². The third-order valence-electron chi connectivity index (χ3n) is 3.61. The molecule has 3 nitrogen and oxygen atoms in total. The first kappa shape index (κ1) is 10.4. The van der Waals surface area contributed by atoms with Crippen molar-refractivity contribution in [1.29, 1.82) is 0 Å². The second-order valence-electron chi connectivity index (χ2n) is 4.40. The molecule has 1 aliphatic heterocycles. The van der Waals surface area contributed by atoms with Crippen LogP contribution in [0.4, 0.5) is 0 Å². The molecule has 1 saturated carbocycles. The van der Waals surface area contributed by atoms with Crippen molar-refractivity contribution in [3.63, 3.8) is 0 Å². The highest BCUT2D eigenvalue weighted by Gasteiger charge is 2.29. The van der Waals surface area contributed by atoms with Crippen LogP contribution in [0, 0.1) is 0 Å². The van der Waals surface area contributed by atoms with Crippen molar-refractivity contribution in [2.24, 2.45) is 0 Å². The number of ether oxygens (including phenoxy) is 1. The van der Waals surface area contributed by atoms with Gasteiger partial charge < -0.3 is 10.1 Å².